The molecule has 0 spiro atoms. The van der Waals surface area contributed by atoms with Crippen molar-refractivity contribution in [3.8, 4) is 0 Å². The summed E-state index contributed by atoms with van der Waals surface area (Å²) < 4.78 is 0. The van der Waals surface area contributed by atoms with Gasteiger partial charge in [-0.3, -0.25) is 0 Å². The molecule has 0 radical (unpaired) electrons. The number of aliphatic hydroxyl groups is 1. The number of hydrogen-bond donors (Lipinski definition) is 1. The normalized spacial score (nSPS) is 54.7. The maximum Gasteiger partial charge on any atom is 0.0716 e. The number of aliphatic hydroxyl groups excluding tert-OH is 1. The zero-order valence-electron chi connectivity index (χ0n) is 15.9. The summed E-state index contributed by atoms with van der Waals surface area (Å²) in [5.41, 5.74) is 2.22. The first-order valence-electron chi connectivity index (χ1n) is 10.1. The summed E-state index contributed by atoms with van der Waals surface area (Å²) in [6.07, 6.45) is 12.0. The molecule has 4 aliphatic carbocycles. The molecule has 3 saturated carbocycles. The van der Waals surface area contributed by atoms with Crippen molar-refractivity contribution in [2.45, 2.75) is 85.7 Å². The number of hydrogen-bond acceptors (Lipinski definition) is 1. The molecule has 0 unspecified atom stereocenters. The van der Waals surface area contributed by atoms with Gasteiger partial charge in [0.1, 0.15) is 0 Å². The largest absolute Gasteiger partial charge is 0.391 e. The van der Waals surface area contributed by atoms with Gasteiger partial charge in [0.25, 0.3) is 0 Å². The fourth-order valence-corrected chi connectivity index (χ4v) is 7.41. The Morgan fingerprint density at radius 1 is 1.00 bits per heavy atom. The topological polar surface area (TPSA) is 20.2 Å². The lowest BCUT2D eigenvalue weighted by Gasteiger charge is -2.59. The van der Waals surface area contributed by atoms with E-state index in [1.807, 2.05) is 0 Å². The Bertz CT molecular complexity index is 532. The van der Waals surface area contributed by atoms with E-state index in [2.05, 4.69) is 40.7 Å². The number of rotatable bonds is 0. The van der Waals surface area contributed by atoms with Gasteiger partial charge in [0.05, 0.1) is 6.10 Å². The van der Waals surface area contributed by atoms with Gasteiger partial charge in [0.15, 0.2) is 0 Å². The van der Waals surface area contributed by atoms with Gasteiger partial charge in [0.2, 0.25) is 0 Å². The van der Waals surface area contributed by atoms with Crippen LogP contribution in [0, 0.1) is 39.9 Å². The maximum atomic E-state index is 11.0. The first kappa shape index (κ1) is 16.2. The molecule has 0 saturated heterocycles. The summed E-state index contributed by atoms with van der Waals surface area (Å²) >= 11 is 0. The van der Waals surface area contributed by atoms with Gasteiger partial charge in [-0.1, -0.05) is 52.7 Å². The van der Waals surface area contributed by atoms with E-state index in [0.717, 1.165) is 23.7 Å². The van der Waals surface area contributed by atoms with Crippen LogP contribution < -0.4 is 0 Å². The van der Waals surface area contributed by atoms with Gasteiger partial charge < -0.3 is 5.11 Å². The van der Waals surface area contributed by atoms with E-state index in [4.69, 9.17) is 0 Å². The summed E-state index contributed by atoms with van der Waals surface area (Å²) in [5, 5.41) is 11.0. The van der Waals surface area contributed by atoms with Gasteiger partial charge in [0, 0.05) is 10.8 Å². The summed E-state index contributed by atoms with van der Waals surface area (Å²) in [6.45, 7) is 11.9. The molecular formula is C22H36O. The monoisotopic (exact) mass is 316 g/mol. The van der Waals surface area contributed by atoms with Gasteiger partial charge in [-0.25, -0.2) is 0 Å². The zero-order chi connectivity index (χ0) is 16.6. The quantitative estimate of drug-likeness (QED) is 0.578. The van der Waals surface area contributed by atoms with Crippen molar-refractivity contribution in [1.82, 2.24) is 0 Å². The fraction of sp³-hybridized carbons (Fsp3) is 0.909. The van der Waals surface area contributed by atoms with Crippen molar-refractivity contribution in [3.63, 3.8) is 0 Å². The smallest absolute Gasteiger partial charge is 0.0716 e. The van der Waals surface area contributed by atoms with Crippen molar-refractivity contribution < 1.29 is 5.11 Å². The second-order valence-electron chi connectivity index (χ2n) is 10.7. The van der Waals surface area contributed by atoms with Crippen LogP contribution in [-0.2, 0) is 0 Å². The molecule has 0 aromatic carbocycles. The third-order valence-electron chi connectivity index (χ3n) is 8.82. The first-order chi connectivity index (χ1) is 10.7. The molecular weight excluding hydrogens is 280 g/mol. The minimum atomic E-state index is -0.192. The van der Waals surface area contributed by atoms with E-state index in [1.165, 1.54) is 44.9 Å². The third kappa shape index (κ3) is 2.08. The Labute approximate surface area is 142 Å². The molecule has 4 rings (SSSR count). The highest BCUT2D eigenvalue weighted by atomic mass is 16.3. The Hall–Kier alpha value is -0.300. The Morgan fingerprint density at radius 3 is 2.48 bits per heavy atom. The average Bonchev–Trinajstić information content (AvgIpc) is 2.68. The molecule has 0 aromatic rings. The van der Waals surface area contributed by atoms with Crippen LogP contribution in [-0.4, -0.2) is 11.2 Å². The van der Waals surface area contributed by atoms with Gasteiger partial charge in [-0.2, -0.15) is 0 Å². The number of fused-ring (bicyclic) bond motifs is 5. The van der Waals surface area contributed by atoms with E-state index in [-0.39, 0.29) is 16.9 Å². The van der Waals surface area contributed by atoms with Crippen LogP contribution in [0.3, 0.4) is 0 Å². The van der Waals surface area contributed by atoms with E-state index < -0.39 is 0 Å². The van der Waals surface area contributed by atoms with Crippen molar-refractivity contribution in [2.75, 3.05) is 0 Å². The summed E-state index contributed by atoms with van der Waals surface area (Å²) in [4.78, 5) is 0. The van der Waals surface area contributed by atoms with Crippen LogP contribution in [0.25, 0.3) is 0 Å². The van der Waals surface area contributed by atoms with Crippen LogP contribution in [0.15, 0.2) is 11.6 Å². The highest BCUT2D eigenvalue weighted by molar-refractivity contribution is 5.34. The zero-order valence-corrected chi connectivity index (χ0v) is 15.9. The van der Waals surface area contributed by atoms with Crippen molar-refractivity contribution >= 4 is 0 Å². The highest BCUT2D eigenvalue weighted by Crippen LogP contribution is 2.66. The Kier molecular flexibility index (Phi) is 3.43. The van der Waals surface area contributed by atoms with Crippen molar-refractivity contribution in [2.24, 2.45) is 39.9 Å². The molecule has 0 aliphatic heterocycles. The summed E-state index contributed by atoms with van der Waals surface area (Å²) in [5.74, 6) is 3.51. The summed E-state index contributed by atoms with van der Waals surface area (Å²) in [6, 6.07) is 0. The lowest BCUT2D eigenvalue weighted by atomic mass is 9.46. The molecule has 0 amide bonds. The highest BCUT2D eigenvalue weighted by Gasteiger charge is 2.60. The Balaban J connectivity index is 1.69. The van der Waals surface area contributed by atoms with E-state index >= 15 is 0 Å². The molecule has 1 N–H and O–H groups in total. The molecule has 1 nitrogen and oxygen atoms in total. The first-order valence-corrected chi connectivity index (χ1v) is 10.1. The molecule has 130 valence electrons. The van der Waals surface area contributed by atoms with Gasteiger partial charge >= 0.3 is 0 Å². The molecule has 0 heterocycles. The van der Waals surface area contributed by atoms with Crippen molar-refractivity contribution in [1.29, 1.82) is 0 Å². The predicted octanol–water partition coefficient (Wildman–Crippen LogP) is 5.58. The van der Waals surface area contributed by atoms with Gasteiger partial charge in [-0.15, -0.1) is 0 Å². The van der Waals surface area contributed by atoms with Crippen LogP contribution >= 0.6 is 0 Å². The molecule has 0 aromatic heterocycles. The second-order valence-corrected chi connectivity index (χ2v) is 10.7. The molecule has 3 fully saturated rings. The van der Waals surface area contributed by atoms with E-state index in [1.54, 1.807) is 5.57 Å². The van der Waals surface area contributed by atoms with E-state index in [9.17, 15) is 5.11 Å². The fourth-order valence-electron chi connectivity index (χ4n) is 7.41. The lowest BCUT2D eigenvalue weighted by molar-refractivity contribution is -0.0813. The van der Waals surface area contributed by atoms with Crippen LogP contribution in [0.1, 0.15) is 79.6 Å². The molecule has 4 aliphatic rings. The molecule has 0 bridgehead atoms. The maximum absolute atomic E-state index is 11.0. The van der Waals surface area contributed by atoms with E-state index in [0.29, 0.717) is 5.41 Å². The predicted molar refractivity (Wildman–Crippen MR) is 96.0 cm³/mol. The molecule has 7 atom stereocenters. The average molecular weight is 317 g/mol. The van der Waals surface area contributed by atoms with Gasteiger partial charge in [-0.05, 0) is 67.6 Å². The second kappa shape index (κ2) is 4.87. The van der Waals surface area contributed by atoms with Crippen LogP contribution in [0.2, 0.25) is 0 Å². The SMILES string of the molecule is C[C@H]1CC[C@@]2(C)[C@@H](CC[C@H]3C4=CC(C)(C)[C@H](O)[C@@]4(C)CC[C@@H]32)C1. The van der Waals surface area contributed by atoms with Crippen molar-refractivity contribution in [3.05, 3.63) is 11.6 Å². The standard InChI is InChI=1S/C22H36O/c1-14-8-10-21(4)15(12-14)6-7-16-17(21)9-11-22(5)18(16)13-20(2,3)19(22)23/h13-17,19,23H,6-12H2,1-5H3/t14-,15-,16+,17-,19-,21-,22-/m0/s1. The van der Waals surface area contributed by atoms with Crippen LogP contribution in [0.4, 0.5) is 0 Å². The molecule has 23 heavy (non-hydrogen) atoms. The lowest BCUT2D eigenvalue weighted by Crippen LogP contribution is -2.52. The van der Waals surface area contributed by atoms with Crippen LogP contribution in [0.5, 0.6) is 0 Å². The summed E-state index contributed by atoms with van der Waals surface area (Å²) in [7, 11) is 0. The third-order valence-corrected chi connectivity index (χ3v) is 8.82. The molecule has 1 heteroatoms. The minimum absolute atomic E-state index is 0.0438. The Morgan fingerprint density at radius 2 is 1.74 bits per heavy atom. The minimum Gasteiger partial charge on any atom is -0.391 e.